The Bertz CT molecular complexity index is 598. The number of hydrogen-bond donors (Lipinski definition) is 0. The third-order valence-electron chi connectivity index (χ3n) is 4.11. The Morgan fingerprint density at radius 3 is 2.43 bits per heavy atom. The van der Waals surface area contributed by atoms with E-state index in [1.54, 1.807) is 0 Å². The second kappa shape index (κ2) is 7.59. The summed E-state index contributed by atoms with van der Waals surface area (Å²) < 4.78 is 0. The van der Waals surface area contributed by atoms with Crippen LogP contribution in [0.1, 0.15) is 61.6 Å². The van der Waals surface area contributed by atoms with Gasteiger partial charge in [0.05, 0.1) is 11.6 Å². The van der Waals surface area contributed by atoms with Gasteiger partial charge in [-0.2, -0.15) is 5.26 Å². The van der Waals surface area contributed by atoms with E-state index in [-0.39, 0.29) is 0 Å². The van der Waals surface area contributed by atoms with E-state index in [9.17, 15) is 0 Å². The number of pyridine rings is 1. The molecule has 2 nitrogen and oxygen atoms in total. The van der Waals surface area contributed by atoms with Gasteiger partial charge >= 0.3 is 0 Å². The fraction of sp³-hybridized carbons (Fsp3) is 0.368. The van der Waals surface area contributed by atoms with Crippen molar-refractivity contribution in [2.24, 2.45) is 0 Å². The molecular formula is C19H22N2. The second-order valence-electron chi connectivity index (χ2n) is 5.76. The molecule has 108 valence electrons. The van der Waals surface area contributed by atoms with Crippen LogP contribution < -0.4 is 0 Å². The average Bonchev–Trinajstić information content (AvgIpc) is 2.55. The lowest BCUT2D eigenvalue weighted by atomic mass is 9.90. The van der Waals surface area contributed by atoms with Crippen LogP contribution in [-0.4, -0.2) is 4.98 Å². The minimum Gasteiger partial charge on any atom is -0.264 e. The lowest BCUT2D eigenvalue weighted by Crippen LogP contribution is -1.98. The van der Waals surface area contributed by atoms with Crippen LogP contribution in [0.5, 0.6) is 0 Å². The van der Waals surface area contributed by atoms with Crippen LogP contribution >= 0.6 is 0 Å². The minimum atomic E-state index is 0.499. The van der Waals surface area contributed by atoms with Crippen molar-refractivity contribution in [2.75, 3.05) is 0 Å². The molecule has 0 saturated carbocycles. The summed E-state index contributed by atoms with van der Waals surface area (Å²) in [6, 6.07) is 14.3. The standard InChI is InChI=1S/C19H22N2/c1-15(18-9-4-8-17(12-18)13-20)6-3-7-16(2)19-10-5-11-21-14-19/h4-5,8-12,14-16H,3,6-7H2,1-2H3. The predicted molar refractivity (Wildman–Crippen MR) is 86.1 cm³/mol. The number of nitrogens with zero attached hydrogens (tertiary/aromatic N) is 2. The van der Waals surface area contributed by atoms with E-state index in [4.69, 9.17) is 5.26 Å². The maximum atomic E-state index is 8.96. The Labute approximate surface area is 127 Å². The van der Waals surface area contributed by atoms with Crippen molar-refractivity contribution in [1.29, 1.82) is 5.26 Å². The molecule has 0 aliphatic heterocycles. The highest BCUT2D eigenvalue weighted by molar-refractivity contribution is 5.34. The van der Waals surface area contributed by atoms with Crippen molar-refractivity contribution < 1.29 is 0 Å². The van der Waals surface area contributed by atoms with Gasteiger partial charge in [0.15, 0.2) is 0 Å². The van der Waals surface area contributed by atoms with Crippen molar-refractivity contribution in [1.82, 2.24) is 4.98 Å². The number of rotatable bonds is 6. The molecule has 0 fully saturated rings. The van der Waals surface area contributed by atoms with Crippen LogP contribution in [0.3, 0.4) is 0 Å². The minimum absolute atomic E-state index is 0.499. The van der Waals surface area contributed by atoms with Gasteiger partial charge in [0, 0.05) is 12.4 Å². The Balaban J connectivity index is 1.84. The molecule has 0 aliphatic carbocycles. The Morgan fingerprint density at radius 2 is 1.76 bits per heavy atom. The number of aromatic nitrogens is 1. The fourth-order valence-corrected chi connectivity index (χ4v) is 2.65. The number of hydrogen-bond acceptors (Lipinski definition) is 2. The molecular weight excluding hydrogens is 256 g/mol. The normalized spacial score (nSPS) is 13.4. The molecule has 21 heavy (non-hydrogen) atoms. The smallest absolute Gasteiger partial charge is 0.0991 e. The summed E-state index contributed by atoms with van der Waals surface area (Å²) >= 11 is 0. The zero-order chi connectivity index (χ0) is 15.1. The summed E-state index contributed by atoms with van der Waals surface area (Å²) in [5.74, 6) is 1.05. The van der Waals surface area contributed by atoms with Gasteiger partial charge in [0.25, 0.3) is 0 Å². The quantitative estimate of drug-likeness (QED) is 0.743. The van der Waals surface area contributed by atoms with Crippen LogP contribution in [0.4, 0.5) is 0 Å². The zero-order valence-electron chi connectivity index (χ0n) is 12.8. The Hall–Kier alpha value is -2.14. The van der Waals surface area contributed by atoms with E-state index in [0.717, 1.165) is 12.0 Å². The van der Waals surface area contributed by atoms with Crippen molar-refractivity contribution >= 4 is 0 Å². The van der Waals surface area contributed by atoms with Crippen LogP contribution in [0, 0.1) is 11.3 Å². The molecule has 0 amide bonds. The van der Waals surface area contributed by atoms with Crippen LogP contribution in [-0.2, 0) is 0 Å². The summed E-state index contributed by atoms with van der Waals surface area (Å²) in [6.45, 7) is 4.50. The second-order valence-corrected chi connectivity index (χ2v) is 5.76. The van der Waals surface area contributed by atoms with Gasteiger partial charge < -0.3 is 0 Å². The molecule has 1 aromatic heterocycles. The van der Waals surface area contributed by atoms with E-state index >= 15 is 0 Å². The molecule has 2 heteroatoms. The summed E-state index contributed by atoms with van der Waals surface area (Å²) in [7, 11) is 0. The largest absolute Gasteiger partial charge is 0.264 e. The molecule has 2 aromatic rings. The fourth-order valence-electron chi connectivity index (χ4n) is 2.65. The maximum Gasteiger partial charge on any atom is 0.0991 e. The summed E-state index contributed by atoms with van der Waals surface area (Å²) in [5.41, 5.74) is 3.34. The van der Waals surface area contributed by atoms with Crippen molar-refractivity contribution in [3.63, 3.8) is 0 Å². The van der Waals surface area contributed by atoms with Gasteiger partial charge in [-0.1, -0.05) is 38.5 Å². The van der Waals surface area contributed by atoms with Crippen LogP contribution in [0.15, 0.2) is 48.8 Å². The molecule has 1 aromatic carbocycles. The topological polar surface area (TPSA) is 36.7 Å². The summed E-state index contributed by atoms with van der Waals surface area (Å²) in [5, 5.41) is 8.96. The van der Waals surface area contributed by atoms with Gasteiger partial charge in [-0.25, -0.2) is 0 Å². The van der Waals surface area contributed by atoms with E-state index in [1.807, 2.05) is 36.7 Å². The Morgan fingerprint density at radius 1 is 1.05 bits per heavy atom. The van der Waals surface area contributed by atoms with E-state index in [1.165, 1.54) is 24.0 Å². The first-order chi connectivity index (χ1) is 10.2. The summed E-state index contributed by atoms with van der Waals surface area (Å²) in [6.07, 6.45) is 7.30. The average molecular weight is 278 g/mol. The van der Waals surface area contributed by atoms with Crippen molar-refractivity contribution in [3.8, 4) is 6.07 Å². The zero-order valence-corrected chi connectivity index (χ0v) is 12.8. The third kappa shape index (κ3) is 4.43. The third-order valence-corrected chi connectivity index (χ3v) is 4.11. The molecule has 0 saturated heterocycles. The SMILES string of the molecule is CC(CCCC(C)c1cccc(C#N)c1)c1cccnc1. The molecule has 2 unspecified atom stereocenters. The van der Waals surface area contributed by atoms with E-state index < -0.39 is 0 Å². The highest BCUT2D eigenvalue weighted by Crippen LogP contribution is 2.26. The maximum absolute atomic E-state index is 8.96. The molecule has 1 heterocycles. The number of benzene rings is 1. The molecule has 0 bridgehead atoms. The van der Waals surface area contributed by atoms with Gasteiger partial charge in [-0.15, -0.1) is 0 Å². The molecule has 2 rings (SSSR count). The van der Waals surface area contributed by atoms with Crippen LogP contribution in [0.2, 0.25) is 0 Å². The first-order valence-electron chi connectivity index (χ1n) is 7.60. The number of nitriles is 1. The predicted octanol–water partition coefficient (Wildman–Crippen LogP) is 5.03. The monoisotopic (exact) mass is 278 g/mol. The van der Waals surface area contributed by atoms with E-state index in [0.29, 0.717) is 11.8 Å². The van der Waals surface area contributed by atoms with Crippen LogP contribution in [0.25, 0.3) is 0 Å². The molecule has 0 radical (unpaired) electrons. The van der Waals surface area contributed by atoms with Gasteiger partial charge in [-0.3, -0.25) is 4.98 Å². The van der Waals surface area contributed by atoms with Gasteiger partial charge in [0.2, 0.25) is 0 Å². The van der Waals surface area contributed by atoms with Crippen molar-refractivity contribution in [3.05, 3.63) is 65.5 Å². The summed E-state index contributed by atoms with van der Waals surface area (Å²) in [4.78, 5) is 4.19. The molecule has 0 aliphatic rings. The van der Waals surface area contributed by atoms with E-state index in [2.05, 4.69) is 37.0 Å². The molecule has 0 spiro atoms. The van der Waals surface area contributed by atoms with Gasteiger partial charge in [0.1, 0.15) is 0 Å². The first-order valence-corrected chi connectivity index (χ1v) is 7.60. The first kappa shape index (κ1) is 15.3. The van der Waals surface area contributed by atoms with Gasteiger partial charge in [-0.05, 0) is 54.0 Å². The van der Waals surface area contributed by atoms with Crippen molar-refractivity contribution in [2.45, 2.75) is 44.9 Å². The highest BCUT2D eigenvalue weighted by atomic mass is 14.6. The Kier molecular flexibility index (Phi) is 5.51. The lowest BCUT2D eigenvalue weighted by molar-refractivity contribution is 0.560. The molecule has 0 N–H and O–H groups in total. The highest BCUT2D eigenvalue weighted by Gasteiger charge is 2.09. The molecule has 2 atom stereocenters. The lowest BCUT2D eigenvalue weighted by Gasteiger charge is -2.15.